The van der Waals surface area contributed by atoms with E-state index in [-0.39, 0.29) is 0 Å². The van der Waals surface area contributed by atoms with E-state index in [2.05, 4.69) is 50.2 Å². The van der Waals surface area contributed by atoms with E-state index in [0.717, 1.165) is 66.6 Å². The molecular weight excluding hydrogens is 484 g/mol. The number of furan rings is 2. The van der Waals surface area contributed by atoms with Gasteiger partial charge < -0.3 is 8.83 Å². The molecule has 188 valence electrons. The highest BCUT2D eigenvalue weighted by Gasteiger charge is 2.29. The molecule has 4 aromatic carbocycles. The van der Waals surface area contributed by atoms with Gasteiger partial charge in [-0.25, -0.2) is 9.36 Å². The Labute approximate surface area is 223 Å². The van der Waals surface area contributed by atoms with Crippen molar-refractivity contribution in [1.29, 1.82) is 0 Å². The summed E-state index contributed by atoms with van der Waals surface area (Å²) in [7, 11) is 0. The molecule has 8 aromatic rings. The molecule has 0 fully saturated rings. The number of aromatic nitrogens is 4. The second kappa shape index (κ2) is 7.95. The first-order valence-electron chi connectivity index (χ1n) is 13.0. The third-order valence-corrected chi connectivity index (χ3v) is 7.71. The maximum atomic E-state index is 5.99. The van der Waals surface area contributed by atoms with Gasteiger partial charge in [0.05, 0.1) is 28.2 Å². The predicted molar refractivity (Wildman–Crippen MR) is 154 cm³/mol. The summed E-state index contributed by atoms with van der Waals surface area (Å²) in [6, 6.07) is 32.7. The van der Waals surface area contributed by atoms with Crippen molar-refractivity contribution in [2.75, 3.05) is 0 Å². The number of rotatable bonds is 4. The first-order chi connectivity index (χ1) is 19.0. The van der Waals surface area contributed by atoms with Crippen molar-refractivity contribution in [1.82, 2.24) is 19.6 Å². The predicted octanol–water partition coefficient (Wildman–Crippen LogP) is 8.18. The van der Waals surface area contributed by atoms with Gasteiger partial charge in [0, 0.05) is 33.9 Å². The molecule has 0 aliphatic heterocycles. The number of nitrogens with zero attached hydrogens (tertiary/aromatic N) is 4. The summed E-state index contributed by atoms with van der Waals surface area (Å²) in [4.78, 5) is 0. The zero-order chi connectivity index (χ0) is 26.1. The molecule has 4 aromatic heterocycles. The molecular formula is C33H24N4O2. The number of para-hydroxylation sites is 2. The molecule has 0 bridgehead atoms. The zero-order valence-corrected chi connectivity index (χ0v) is 21.5. The highest BCUT2D eigenvalue weighted by atomic mass is 16.3. The molecule has 39 heavy (non-hydrogen) atoms. The first-order valence-corrected chi connectivity index (χ1v) is 13.0. The Morgan fingerprint density at radius 2 is 0.949 bits per heavy atom. The number of benzene rings is 4. The summed E-state index contributed by atoms with van der Waals surface area (Å²) < 4.78 is 15.8. The van der Waals surface area contributed by atoms with E-state index in [9.17, 15) is 0 Å². The van der Waals surface area contributed by atoms with Crippen LogP contribution in [0, 0.1) is 0 Å². The topological polar surface area (TPSA) is 61.9 Å². The fraction of sp³-hybridized carbons (Fsp3) is 0.0909. The van der Waals surface area contributed by atoms with Crippen LogP contribution in [0.25, 0.3) is 55.3 Å². The Balaban J connectivity index is 1.14. The van der Waals surface area contributed by atoms with Crippen LogP contribution in [0.3, 0.4) is 0 Å². The Morgan fingerprint density at radius 1 is 0.513 bits per heavy atom. The summed E-state index contributed by atoms with van der Waals surface area (Å²) in [6.45, 7) is 4.32. The summed E-state index contributed by atoms with van der Waals surface area (Å²) in [6.07, 6.45) is 4.02. The van der Waals surface area contributed by atoms with Crippen LogP contribution >= 0.6 is 0 Å². The van der Waals surface area contributed by atoms with Crippen molar-refractivity contribution in [3.05, 3.63) is 121 Å². The number of hydrogen-bond acceptors (Lipinski definition) is 4. The van der Waals surface area contributed by atoms with Crippen molar-refractivity contribution >= 4 is 43.9 Å². The average Bonchev–Trinajstić information content (AvgIpc) is 3.76. The van der Waals surface area contributed by atoms with Gasteiger partial charge in [-0.1, -0.05) is 36.4 Å². The maximum Gasteiger partial charge on any atom is 0.135 e. The van der Waals surface area contributed by atoms with Crippen LogP contribution < -0.4 is 0 Å². The Bertz CT molecular complexity index is 2020. The van der Waals surface area contributed by atoms with Crippen LogP contribution in [0.2, 0.25) is 0 Å². The van der Waals surface area contributed by atoms with Crippen molar-refractivity contribution in [3.63, 3.8) is 0 Å². The lowest BCUT2D eigenvalue weighted by Gasteiger charge is -2.19. The highest BCUT2D eigenvalue weighted by molar-refractivity contribution is 6.06. The zero-order valence-electron chi connectivity index (χ0n) is 21.5. The highest BCUT2D eigenvalue weighted by Crippen LogP contribution is 2.33. The molecule has 0 aliphatic rings. The second-order valence-electron chi connectivity index (χ2n) is 10.5. The average molecular weight is 509 g/mol. The number of fused-ring (bicyclic) bond motifs is 6. The quantitative estimate of drug-likeness (QED) is 0.240. The van der Waals surface area contributed by atoms with Gasteiger partial charge in [-0.15, -0.1) is 0 Å². The summed E-state index contributed by atoms with van der Waals surface area (Å²) >= 11 is 0. The lowest BCUT2D eigenvalue weighted by Crippen LogP contribution is -2.21. The molecule has 0 amide bonds. The van der Waals surface area contributed by atoms with E-state index >= 15 is 0 Å². The molecule has 0 N–H and O–H groups in total. The molecule has 8 rings (SSSR count). The van der Waals surface area contributed by atoms with Crippen LogP contribution in [0.15, 0.2) is 118 Å². The Kier molecular flexibility index (Phi) is 4.47. The Morgan fingerprint density at radius 3 is 1.44 bits per heavy atom. The summed E-state index contributed by atoms with van der Waals surface area (Å²) in [5.41, 5.74) is 7.01. The third-order valence-electron chi connectivity index (χ3n) is 7.71. The Hall–Kier alpha value is -5.10. The first kappa shape index (κ1) is 21.9. The fourth-order valence-electron chi connectivity index (χ4n) is 5.45. The molecule has 4 heterocycles. The molecule has 0 unspecified atom stereocenters. The molecule has 0 saturated heterocycles. The van der Waals surface area contributed by atoms with E-state index in [4.69, 9.17) is 19.0 Å². The van der Waals surface area contributed by atoms with Gasteiger partial charge in [0.25, 0.3) is 0 Å². The standard InChI is InChI=1S/C33H24N4O2/c1-33(2,31-15-17-36(34-31)21-11-13-29-25(19-21)23-7-3-5-9-27(23)38-29)32-16-18-37(35-32)22-12-14-30-26(20-22)24-8-4-6-10-28(24)39-30/h3-20H,1-2H3. The summed E-state index contributed by atoms with van der Waals surface area (Å²) in [5.74, 6) is 0. The van der Waals surface area contributed by atoms with Gasteiger partial charge in [-0.2, -0.15) is 10.2 Å². The van der Waals surface area contributed by atoms with E-state index in [1.54, 1.807) is 0 Å². The molecule has 6 heteroatoms. The normalized spacial score (nSPS) is 12.4. The van der Waals surface area contributed by atoms with E-state index in [1.165, 1.54) is 0 Å². The minimum atomic E-state index is -0.393. The van der Waals surface area contributed by atoms with Crippen LogP contribution in [0.4, 0.5) is 0 Å². The van der Waals surface area contributed by atoms with Crippen LogP contribution in [0.1, 0.15) is 25.2 Å². The largest absolute Gasteiger partial charge is 0.456 e. The third kappa shape index (κ3) is 3.35. The van der Waals surface area contributed by atoms with Gasteiger partial charge in [0.2, 0.25) is 0 Å². The van der Waals surface area contributed by atoms with Crippen molar-refractivity contribution in [2.24, 2.45) is 0 Å². The van der Waals surface area contributed by atoms with Gasteiger partial charge >= 0.3 is 0 Å². The summed E-state index contributed by atoms with van der Waals surface area (Å²) in [5, 5.41) is 14.3. The van der Waals surface area contributed by atoms with Crippen LogP contribution in [-0.4, -0.2) is 19.6 Å². The fourth-order valence-corrected chi connectivity index (χ4v) is 5.45. The minimum absolute atomic E-state index is 0.393. The van der Waals surface area contributed by atoms with E-state index in [1.807, 2.05) is 82.4 Å². The van der Waals surface area contributed by atoms with E-state index in [0.29, 0.717) is 0 Å². The number of hydrogen-bond donors (Lipinski definition) is 0. The molecule has 0 spiro atoms. The van der Waals surface area contributed by atoms with Gasteiger partial charge in [0.1, 0.15) is 22.3 Å². The van der Waals surface area contributed by atoms with Crippen molar-refractivity contribution in [2.45, 2.75) is 19.3 Å². The monoisotopic (exact) mass is 508 g/mol. The van der Waals surface area contributed by atoms with E-state index < -0.39 is 5.41 Å². The maximum absolute atomic E-state index is 5.99. The van der Waals surface area contributed by atoms with Crippen LogP contribution in [-0.2, 0) is 5.41 Å². The molecule has 0 atom stereocenters. The minimum Gasteiger partial charge on any atom is -0.456 e. The molecule has 0 aliphatic carbocycles. The lowest BCUT2D eigenvalue weighted by atomic mass is 9.86. The smallest absolute Gasteiger partial charge is 0.135 e. The van der Waals surface area contributed by atoms with Crippen molar-refractivity contribution in [3.8, 4) is 11.4 Å². The van der Waals surface area contributed by atoms with Gasteiger partial charge in [-0.05, 0) is 74.5 Å². The van der Waals surface area contributed by atoms with Crippen molar-refractivity contribution < 1.29 is 8.83 Å². The lowest BCUT2D eigenvalue weighted by molar-refractivity contribution is 0.576. The molecule has 0 saturated carbocycles. The SMILES string of the molecule is CC(C)(c1ccn(-c2ccc3oc4ccccc4c3c2)n1)c1ccn(-c2ccc3oc4ccccc4c3c2)n1. The molecule has 6 nitrogen and oxygen atoms in total. The second-order valence-corrected chi connectivity index (χ2v) is 10.5. The van der Waals surface area contributed by atoms with Gasteiger partial charge in [0.15, 0.2) is 0 Å². The molecule has 0 radical (unpaired) electrons. The van der Waals surface area contributed by atoms with Gasteiger partial charge in [-0.3, -0.25) is 0 Å². The van der Waals surface area contributed by atoms with Crippen LogP contribution in [0.5, 0.6) is 0 Å².